The number of aryl methyl sites for hydroxylation is 2. The first-order chi connectivity index (χ1) is 11.1. The number of ether oxygens (including phenoxy) is 1. The highest BCUT2D eigenvalue weighted by Gasteiger charge is 2.22. The third-order valence-electron chi connectivity index (χ3n) is 3.36. The van der Waals surface area contributed by atoms with Crippen LogP contribution < -0.4 is 10.1 Å². The molecule has 0 spiro atoms. The largest absolute Gasteiger partial charge is 0.484 e. The Bertz CT molecular complexity index is 678. The molecule has 0 saturated heterocycles. The Labute approximate surface area is 141 Å². The fourth-order valence-corrected chi connectivity index (χ4v) is 2.98. The van der Waals surface area contributed by atoms with Crippen LogP contribution >= 0.6 is 0 Å². The van der Waals surface area contributed by atoms with Crippen molar-refractivity contribution in [1.82, 2.24) is 5.32 Å². The molecule has 1 aromatic carbocycles. The Balaban J connectivity index is 2.58. The number of sulfone groups is 1. The average molecular weight is 357 g/mol. The summed E-state index contributed by atoms with van der Waals surface area (Å²) in [6.45, 7) is 4.94. The van der Waals surface area contributed by atoms with Crippen molar-refractivity contribution in [3.8, 4) is 5.75 Å². The molecule has 1 rings (SSSR count). The maximum atomic E-state index is 11.8. The fourth-order valence-electron chi connectivity index (χ4n) is 2.10. The topological polar surface area (TPSA) is 110 Å². The van der Waals surface area contributed by atoms with Crippen LogP contribution in [0.2, 0.25) is 0 Å². The number of hydrogen-bond donors (Lipinski definition) is 2. The van der Waals surface area contributed by atoms with E-state index in [1.807, 2.05) is 19.9 Å². The maximum absolute atomic E-state index is 11.8. The van der Waals surface area contributed by atoms with Crippen LogP contribution in [0.15, 0.2) is 18.2 Å². The molecule has 0 bridgehead atoms. The molecule has 0 aliphatic carbocycles. The van der Waals surface area contributed by atoms with Gasteiger partial charge in [-0.1, -0.05) is 13.0 Å². The van der Waals surface area contributed by atoms with E-state index < -0.39 is 27.8 Å². The van der Waals surface area contributed by atoms with Crippen LogP contribution in [0.25, 0.3) is 0 Å². The lowest BCUT2D eigenvalue weighted by Crippen LogP contribution is -2.44. The number of carboxylic acid groups (broad SMARTS) is 1. The summed E-state index contributed by atoms with van der Waals surface area (Å²) < 4.78 is 28.3. The minimum Gasteiger partial charge on any atom is -0.484 e. The Hall–Kier alpha value is -2.09. The minimum absolute atomic E-state index is 0.0664. The van der Waals surface area contributed by atoms with Gasteiger partial charge in [0.15, 0.2) is 6.61 Å². The lowest BCUT2D eigenvalue weighted by molar-refractivity contribution is -0.142. The molecule has 1 aromatic rings. The zero-order valence-corrected chi connectivity index (χ0v) is 14.9. The van der Waals surface area contributed by atoms with Crippen LogP contribution in [0.1, 0.15) is 24.5 Å². The molecule has 0 aliphatic heterocycles. The van der Waals surface area contributed by atoms with Crippen molar-refractivity contribution in [2.45, 2.75) is 33.2 Å². The molecule has 1 atom stereocenters. The lowest BCUT2D eigenvalue weighted by atomic mass is 10.1. The molecule has 0 radical (unpaired) electrons. The van der Waals surface area contributed by atoms with Crippen molar-refractivity contribution in [3.05, 3.63) is 29.3 Å². The third kappa shape index (κ3) is 6.99. The van der Waals surface area contributed by atoms with E-state index in [4.69, 9.17) is 9.84 Å². The normalized spacial score (nSPS) is 12.5. The van der Waals surface area contributed by atoms with Crippen molar-refractivity contribution >= 4 is 21.7 Å². The Morgan fingerprint density at radius 2 is 1.79 bits per heavy atom. The summed E-state index contributed by atoms with van der Waals surface area (Å²) in [5.41, 5.74) is 1.97. The second-order valence-corrected chi connectivity index (χ2v) is 8.07. The van der Waals surface area contributed by atoms with Gasteiger partial charge in [0.05, 0.1) is 5.75 Å². The van der Waals surface area contributed by atoms with Gasteiger partial charge in [0.1, 0.15) is 21.6 Å². The van der Waals surface area contributed by atoms with Gasteiger partial charge in [0.2, 0.25) is 0 Å². The highest BCUT2D eigenvalue weighted by Crippen LogP contribution is 2.16. The third-order valence-corrected chi connectivity index (χ3v) is 5.09. The molecule has 8 heteroatoms. The maximum Gasteiger partial charge on any atom is 0.326 e. The molecule has 0 aliphatic rings. The van der Waals surface area contributed by atoms with Crippen LogP contribution in [0.3, 0.4) is 0 Å². The quantitative estimate of drug-likeness (QED) is 0.684. The minimum atomic E-state index is -3.29. The predicted octanol–water partition coefficient (Wildman–Crippen LogP) is 1.08. The molecule has 0 aromatic heterocycles. The number of rotatable bonds is 9. The van der Waals surface area contributed by atoms with Gasteiger partial charge < -0.3 is 15.2 Å². The van der Waals surface area contributed by atoms with Gasteiger partial charge in [0.25, 0.3) is 5.91 Å². The van der Waals surface area contributed by atoms with E-state index in [0.29, 0.717) is 5.75 Å². The SMILES string of the molecule is CCS(=O)(=O)CCC(NC(=O)COc1cc(C)cc(C)c1)C(=O)O. The van der Waals surface area contributed by atoms with Crippen molar-refractivity contribution < 1.29 is 27.9 Å². The van der Waals surface area contributed by atoms with Crippen LogP contribution in [-0.2, 0) is 19.4 Å². The summed E-state index contributed by atoms with van der Waals surface area (Å²) in [5, 5.41) is 11.4. The molecule has 0 fully saturated rings. The number of carbonyl (C=O) groups excluding carboxylic acids is 1. The van der Waals surface area contributed by atoms with Gasteiger partial charge in [-0.2, -0.15) is 0 Å². The first kappa shape index (κ1) is 20.0. The van der Waals surface area contributed by atoms with Crippen molar-refractivity contribution in [1.29, 1.82) is 0 Å². The van der Waals surface area contributed by atoms with Gasteiger partial charge in [-0.15, -0.1) is 0 Å². The first-order valence-corrected chi connectivity index (χ1v) is 9.39. The van der Waals surface area contributed by atoms with Gasteiger partial charge in [-0.25, -0.2) is 13.2 Å². The van der Waals surface area contributed by atoms with Crippen molar-refractivity contribution in [2.75, 3.05) is 18.1 Å². The van der Waals surface area contributed by atoms with E-state index in [1.54, 1.807) is 12.1 Å². The monoisotopic (exact) mass is 357 g/mol. The molecular formula is C16H23NO6S. The Kier molecular flexibility index (Phi) is 7.21. The highest BCUT2D eigenvalue weighted by molar-refractivity contribution is 7.91. The average Bonchev–Trinajstić information content (AvgIpc) is 2.48. The number of aliphatic carboxylic acids is 1. The number of nitrogens with one attached hydrogen (secondary N) is 1. The summed E-state index contributed by atoms with van der Waals surface area (Å²) >= 11 is 0. The van der Waals surface area contributed by atoms with Crippen molar-refractivity contribution in [3.63, 3.8) is 0 Å². The number of hydrogen-bond acceptors (Lipinski definition) is 5. The molecule has 134 valence electrons. The molecule has 1 unspecified atom stereocenters. The van der Waals surface area contributed by atoms with E-state index in [2.05, 4.69) is 5.32 Å². The molecule has 24 heavy (non-hydrogen) atoms. The first-order valence-electron chi connectivity index (χ1n) is 7.56. The summed E-state index contributed by atoms with van der Waals surface area (Å²) in [4.78, 5) is 23.0. The molecule has 2 N–H and O–H groups in total. The van der Waals surface area contributed by atoms with Crippen LogP contribution in [-0.4, -0.2) is 49.6 Å². The van der Waals surface area contributed by atoms with Gasteiger partial charge in [-0.3, -0.25) is 4.79 Å². The van der Waals surface area contributed by atoms with E-state index in [9.17, 15) is 18.0 Å². The van der Waals surface area contributed by atoms with Crippen LogP contribution in [0.4, 0.5) is 0 Å². The molecule has 0 heterocycles. The number of carboxylic acids is 1. The fraction of sp³-hybridized carbons (Fsp3) is 0.500. The number of carbonyl (C=O) groups is 2. The van der Waals surface area contributed by atoms with Gasteiger partial charge in [-0.05, 0) is 43.5 Å². The van der Waals surface area contributed by atoms with Gasteiger partial charge >= 0.3 is 5.97 Å². The van der Waals surface area contributed by atoms with Gasteiger partial charge in [0, 0.05) is 5.75 Å². The van der Waals surface area contributed by atoms with E-state index in [0.717, 1.165) is 11.1 Å². The zero-order valence-electron chi connectivity index (χ0n) is 14.0. The standard InChI is InChI=1S/C16H23NO6S/c1-4-24(21,22)6-5-14(16(19)20)17-15(18)10-23-13-8-11(2)7-12(3)9-13/h7-9,14H,4-6,10H2,1-3H3,(H,17,18)(H,19,20). The van der Waals surface area contributed by atoms with E-state index in [1.165, 1.54) is 6.92 Å². The summed E-state index contributed by atoms with van der Waals surface area (Å²) in [6, 6.07) is 4.23. The number of benzene rings is 1. The molecular weight excluding hydrogens is 334 g/mol. The summed E-state index contributed by atoms with van der Waals surface area (Å²) in [6.07, 6.45) is -0.180. The molecule has 7 nitrogen and oxygen atoms in total. The van der Waals surface area contributed by atoms with Crippen LogP contribution in [0, 0.1) is 13.8 Å². The second-order valence-electron chi connectivity index (χ2n) is 5.60. The second kappa shape index (κ2) is 8.68. The molecule has 1 amide bonds. The predicted molar refractivity (Wildman–Crippen MR) is 89.9 cm³/mol. The zero-order chi connectivity index (χ0) is 18.3. The Morgan fingerprint density at radius 1 is 1.21 bits per heavy atom. The smallest absolute Gasteiger partial charge is 0.326 e. The highest BCUT2D eigenvalue weighted by atomic mass is 32.2. The lowest BCUT2D eigenvalue weighted by Gasteiger charge is -2.15. The molecule has 0 saturated carbocycles. The Morgan fingerprint density at radius 3 is 2.29 bits per heavy atom. The summed E-state index contributed by atoms with van der Waals surface area (Å²) in [5.74, 6) is -1.73. The van der Waals surface area contributed by atoms with E-state index >= 15 is 0 Å². The summed E-state index contributed by atoms with van der Waals surface area (Å²) in [7, 11) is -3.29. The number of amides is 1. The van der Waals surface area contributed by atoms with Crippen LogP contribution in [0.5, 0.6) is 5.75 Å². The van der Waals surface area contributed by atoms with Crippen molar-refractivity contribution in [2.24, 2.45) is 0 Å². The van der Waals surface area contributed by atoms with E-state index in [-0.39, 0.29) is 24.5 Å².